The molecular weight excluding hydrogens is 440 g/mol. The summed E-state index contributed by atoms with van der Waals surface area (Å²) in [6.45, 7) is 2.06. The molecule has 33 heavy (non-hydrogen) atoms. The maximum absolute atomic E-state index is 12.7. The van der Waals surface area contributed by atoms with Gasteiger partial charge in [0.05, 0.1) is 19.7 Å². The maximum Gasteiger partial charge on any atom is 0.339 e. The van der Waals surface area contributed by atoms with Crippen LogP contribution in [0.5, 0.6) is 11.5 Å². The van der Waals surface area contributed by atoms with Gasteiger partial charge in [0.25, 0.3) is 0 Å². The summed E-state index contributed by atoms with van der Waals surface area (Å²) in [7, 11) is -2.46. The number of nitrogens with zero attached hydrogens (tertiary/aromatic N) is 1. The number of carbonyl (C=O) groups excluding carboxylic acids is 1. The van der Waals surface area contributed by atoms with Crippen LogP contribution in [0.1, 0.15) is 30.0 Å². The van der Waals surface area contributed by atoms with Gasteiger partial charge in [-0.15, -0.1) is 0 Å². The number of hydrogen-bond donors (Lipinski definition) is 1. The molecule has 0 saturated carbocycles. The minimum atomic E-state index is -4.02. The number of rotatable bonds is 10. The van der Waals surface area contributed by atoms with Gasteiger partial charge in [0, 0.05) is 5.56 Å². The Balaban J connectivity index is 1.67. The van der Waals surface area contributed by atoms with Gasteiger partial charge in [0.2, 0.25) is 5.91 Å². The Labute approximate surface area is 194 Å². The molecule has 0 fully saturated rings. The third kappa shape index (κ3) is 6.92. The maximum atomic E-state index is 12.7. The minimum Gasteiger partial charge on any atom is -0.497 e. The summed E-state index contributed by atoms with van der Waals surface area (Å²) in [5, 5.41) is 3.95. The van der Waals surface area contributed by atoms with Gasteiger partial charge < -0.3 is 8.92 Å². The SMILES string of the molecule is CCCc1ccc(S(=O)(=O)Oc2ccccc2/C=N/NC(=O)Cc2cccc(OC)c2)cc1. The molecule has 0 radical (unpaired) electrons. The van der Waals surface area contributed by atoms with Crippen LogP contribution in [-0.4, -0.2) is 27.6 Å². The van der Waals surface area contributed by atoms with Crippen LogP contribution in [0.3, 0.4) is 0 Å². The van der Waals surface area contributed by atoms with E-state index in [1.54, 1.807) is 55.6 Å². The number of benzene rings is 3. The molecule has 3 aromatic rings. The van der Waals surface area contributed by atoms with Crippen molar-refractivity contribution in [1.82, 2.24) is 5.43 Å². The lowest BCUT2D eigenvalue weighted by atomic mass is 10.1. The highest BCUT2D eigenvalue weighted by atomic mass is 32.2. The van der Waals surface area contributed by atoms with E-state index >= 15 is 0 Å². The molecule has 8 heteroatoms. The second-order valence-corrected chi connectivity index (χ2v) is 8.84. The molecule has 0 bridgehead atoms. The lowest BCUT2D eigenvalue weighted by molar-refractivity contribution is -0.120. The quantitative estimate of drug-likeness (QED) is 0.276. The highest BCUT2D eigenvalue weighted by Gasteiger charge is 2.18. The summed E-state index contributed by atoms with van der Waals surface area (Å²) in [5.41, 5.74) is 4.69. The van der Waals surface area contributed by atoms with Crippen molar-refractivity contribution in [1.29, 1.82) is 0 Å². The zero-order valence-corrected chi connectivity index (χ0v) is 19.3. The van der Waals surface area contributed by atoms with Crippen LogP contribution in [0.2, 0.25) is 0 Å². The largest absolute Gasteiger partial charge is 0.497 e. The summed E-state index contributed by atoms with van der Waals surface area (Å²) in [5.74, 6) is 0.453. The Morgan fingerprint density at radius 2 is 1.76 bits per heavy atom. The number of aryl methyl sites for hydroxylation is 1. The molecule has 172 valence electrons. The van der Waals surface area contributed by atoms with Crippen LogP contribution >= 0.6 is 0 Å². The predicted molar refractivity (Wildman–Crippen MR) is 127 cm³/mol. The number of amides is 1. The summed E-state index contributed by atoms with van der Waals surface area (Å²) in [4.78, 5) is 12.3. The number of hydrogen-bond acceptors (Lipinski definition) is 6. The fourth-order valence-corrected chi connectivity index (χ4v) is 4.08. The van der Waals surface area contributed by atoms with Gasteiger partial charge in [-0.05, 0) is 53.9 Å². The van der Waals surface area contributed by atoms with E-state index < -0.39 is 10.1 Å². The fourth-order valence-electron chi connectivity index (χ4n) is 3.12. The summed E-state index contributed by atoms with van der Waals surface area (Å²) in [6, 6.07) is 20.4. The van der Waals surface area contributed by atoms with E-state index in [0.717, 1.165) is 24.0 Å². The Kier molecular flexibility index (Phi) is 8.21. The van der Waals surface area contributed by atoms with Crippen molar-refractivity contribution in [2.75, 3.05) is 7.11 Å². The minimum absolute atomic E-state index is 0.0701. The number of methoxy groups -OCH3 is 1. The van der Waals surface area contributed by atoms with E-state index in [1.807, 2.05) is 6.07 Å². The van der Waals surface area contributed by atoms with Gasteiger partial charge in [-0.25, -0.2) is 5.43 Å². The number of carbonyl (C=O) groups is 1. The predicted octanol–water partition coefficient (Wildman–Crippen LogP) is 4.11. The molecular formula is C25H26N2O5S. The van der Waals surface area contributed by atoms with E-state index in [-0.39, 0.29) is 23.0 Å². The number of hydrazone groups is 1. The fraction of sp³-hybridized carbons (Fsp3) is 0.200. The molecule has 0 heterocycles. The van der Waals surface area contributed by atoms with Crippen LogP contribution < -0.4 is 14.3 Å². The molecule has 0 saturated heterocycles. The highest BCUT2D eigenvalue weighted by Crippen LogP contribution is 2.22. The molecule has 7 nitrogen and oxygen atoms in total. The Bertz CT molecular complexity index is 1220. The average molecular weight is 467 g/mol. The van der Waals surface area contributed by atoms with Crippen molar-refractivity contribution in [3.63, 3.8) is 0 Å². The van der Waals surface area contributed by atoms with Gasteiger partial charge in [-0.2, -0.15) is 13.5 Å². The molecule has 0 unspecified atom stereocenters. The lowest BCUT2D eigenvalue weighted by Gasteiger charge is -2.10. The summed E-state index contributed by atoms with van der Waals surface area (Å²) < 4.78 is 35.9. The molecule has 0 spiro atoms. The van der Waals surface area contributed by atoms with Crippen molar-refractivity contribution in [2.24, 2.45) is 5.10 Å². The van der Waals surface area contributed by atoms with Crippen LogP contribution in [0.15, 0.2) is 82.8 Å². The van der Waals surface area contributed by atoms with E-state index in [9.17, 15) is 13.2 Å². The molecule has 3 rings (SSSR count). The third-order valence-electron chi connectivity index (χ3n) is 4.76. The van der Waals surface area contributed by atoms with Crippen LogP contribution in [0, 0.1) is 0 Å². The van der Waals surface area contributed by atoms with E-state index in [1.165, 1.54) is 24.4 Å². The van der Waals surface area contributed by atoms with Crippen molar-refractivity contribution < 1.29 is 22.1 Å². The topological polar surface area (TPSA) is 94.1 Å². The van der Waals surface area contributed by atoms with Gasteiger partial charge in [-0.3, -0.25) is 4.79 Å². The second kappa shape index (κ2) is 11.3. The molecule has 3 aromatic carbocycles. The lowest BCUT2D eigenvalue weighted by Crippen LogP contribution is -2.20. The average Bonchev–Trinajstić information content (AvgIpc) is 2.81. The molecule has 0 aliphatic carbocycles. The van der Waals surface area contributed by atoms with Crippen molar-refractivity contribution >= 4 is 22.2 Å². The molecule has 1 N–H and O–H groups in total. The second-order valence-electron chi connectivity index (χ2n) is 7.29. The molecule has 0 aliphatic heterocycles. The first kappa shape index (κ1) is 24.0. The molecule has 0 atom stereocenters. The zero-order chi connectivity index (χ0) is 23.7. The van der Waals surface area contributed by atoms with Crippen LogP contribution in [0.4, 0.5) is 0 Å². The van der Waals surface area contributed by atoms with Gasteiger partial charge in [0.1, 0.15) is 10.6 Å². The van der Waals surface area contributed by atoms with Gasteiger partial charge >= 0.3 is 10.1 Å². The van der Waals surface area contributed by atoms with Crippen LogP contribution in [-0.2, 0) is 27.8 Å². The number of nitrogens with one attached hydrogen (secondary N) is 1. The van der Waals surface area contributed by atoms with Crippen molar-refractivity contribution in [3.05, 3.63) is 89.5 Å². The normalized spacial score (nSPS) is 11.3. The number of para-hydroxylation sites is 1. The molecule has 0 aromatic heterocycles. The van der Waals surface area contributed by atoms with Crippen molar-refractivity contribution in [2.45, 2.75) is 31.1 Å². The number of ether oxygens (including phenoxy) is 1. The molecule has 0 aliphatic rings. The van der Waals surface area contributed by atoms with Crippen molar-refractivity contribution in [3.8, 4) is 11.5 Å². The zero-order valence-electron chi connectivity index (χ0n) is 18.5. The van der Waals surface area contributed by atoms with E-state index in [4.69, 9.17) is 8.92 Å². The van der Waals surface area contributed by atoms with Gasteiger partial charge in [0.15, 0.2) is 5.75 Å². The highest BCUT2D eigenvalue weighted by molar-refractivity contribution is 7.87. The third-order valence-corrected chi connectivity index (χ3v) is 6.01. The summed E-state index contributed by atoms with van der Waals surface area (Å²) >= 11 is 0. The van der Waals surface area contributed by atoms with Gasteiger partial charge in [-0.1, -0.05) is 49.7 Å². The first-order valence-corrected chi connectivity index (χ1v) is 11.9. The Morgan fingerprint density at radius 3 is 2.48 bits per heavy atom. The molecule has 1 amide bonds. The van der Waals surface area contributed by atoms with Crippen LogP contribution in [0.25, 0.3) is 0 Å². The van der Waals surface area contributed by atoms with E-state index in [2.05, 4.69) is 17.5 Å². The van der Waals surface area contributed by atoms with E-state index in [0.29, 0.717) is 11.3 Å². The smallest absolute Gasteiger partial charge is 0.339 e. The first-order valence-electron chi connectivity index (χ1n) is 10.5. The Hall–Kier alpha value is -3.65. The standard InChI is InChI=1S/C25H26N2O5S/c1-3-7-19-12-14-23(15-13-19)33(29,30)32-24-11-5-4-9-21(24)18-26-27-25(28)17-20-8-6-10-22(16-20)31-2/h4-6,8-16,18H,3,7,17H2,1-2H3,(H,27,28)/b26-18+. The Morgan fingerprint density at radius 1 is 1.00 bits per heavy atom. The first-order chi connectivity index (χ1) is 15.9. The summed E-state index contributed by atoms with van der Waals surface area (Å²) in [6.07, 6.45) is 3.32. The monoisotopic (exact) mass is 466 g/mol.